The molecule has 0 bridgehead atoms. The molecule has 3 aromatic heterocycles. The van der Waals surface area contributed by atoms with Crippen molar-refractivity contribution in [2.75, 3.05) is 12.8 Å². The zero-order valence-corrected chi connectivity index (χ0v) is 16.5. The third-order valence-corrected chi connectivity index (χ3v) is 5.67. The Morgan fingerprint density at radius 1 is 0.897 bits per heavy atom. The summed E-state index contributed by atoms with van der Waals surface area (Å²) >= 11 is 0. The standard InChI is InChI=1S/C24H20N4O/c1-13-8-16(10-21(29-3)14(13)2)18-9-15-4-6-26-11-19(15)23-22(18)17-5-7-27-12-20(17)24(25)28-23/h4-12H,1-3H3,(H2,25,28). The van der Waals surface area contributed by atoms with Crippen LogP contribution in [-0.2, 0) is 0 Å². The summed E-state index contributed by atoms with van der Waals surface area (Å²) in [5.41, 5.74) is 11.6. The molecule has 0 aliphatic carbocycles. The molecule has 3 heterocycles. The van der Waals surface area contributed by atoms with Crippen molar-refractivity contribution >= 4 is 38.3 Å². The second-order valence-electron chi connectivity index (χ2n) is 7.28. The lowest BCUT2D eigenvalue weighted by atomic mass is 9.92. The van der Waals surface area contributed by atoms with E-state index in [0.717, 1.165) is 54.9 Å². The molecule has 5 rings (SSSR count). The van der Waals surface area contributed by atoms with Gasteiger partial charge in [0.05, 0.1) is 12.6 Å². The van der Waals surface area contributed by atoms with Crippen LogP contribution in [0.15, 0.2) is 55.1 Å². The normalized spacial score (nSPS) is 11.4. The van der Waals surface area contributed by atoms with E-state index in [9.17, 15) is 0 Å². The van der Waals surface area contributed by atoms with Gasteiger partial charge in [0.2, 0.25) is 0 Å². The third kappa shape index (κ3) is 2.58. The van der Waals surface area contributed by atoms with Gasteiger partial charge >= 0.3 is 0 Å². The molecule has 0 amide bonds. The number of methoxy groups -OCH3 is 1. The van der Waals surface area contributed by atoms with Gasteiger partial charge in [0.1, 0.15) is 11.6 Å². The Morgan fingerprint density at radius 2 is 1.66 bits per heavy atom. The summed E-state index contributed by atoms with van der Waals surface area (Å²) in [5, 5.41) is 4.97. The first-order valence-corrected chi connectivity index (χ1v) is 9.43. The summed E-state index contributed by atoms with van der Waals surface area (Å²) < 4.78 is 5.64. The van der Waals surface area contributed by atoms with E-state index in [1.54, 1.807) is 25.7 Å². The Kier molecular flexibility index (Phi) is 3.84. The molecular weight excluding hydrogens is 360 g/mol. The fraction of sp³-hybridized carbons (Fsp3) is 0.125. The van der Waals surface area contributed by atoms with Crippen LogP contribution in [0.3, 0.4) is 0 Å². The number of nitrogens with zero attached hydrogens (tertiary/aromatic N) is 3. The monoisotopic (exact) mass is 380 g/mol. The van der Waals surface area contributed by atoms with Gasteiger partial charge in [-0.05, 0) is 71.1 Å². The van der Waals surface area contributed by atoms with Crippen LogP contribution in [0.5, 0.6) is 5.75 Å². The zero-order chi connectivity index (χ0) is 20.1. The third-order valence-electron chi connectivity index (χ3n) is 5.67. The molecular formula is C24H20N4O. The van der Waals surface area contributed by atoms with E-state index < -0.39 is 0 Å². The second kappa shape index (κ2) is 6.41. The molecule has 0 aliphatic heterocycles. The maximum atomic E-state index is 6.30. The Hall–Kier alpha value is -3.73. The molecule has 5 heteroatoms. The molecule has 2 aromatic carbocycles. The van der Waals surface area contributed by atoms with Gasteiger partial charge in [0.25, 0.3) is 0 Å². The van der Waals surface area contributed by atoms with Gasteiger partial charge in [-0.3, -0.25) is 9.97 Å². The molecule has 5 aromatic rings. The number of nitrogens with two attached hydrogens (primary N) is 1. The molecule has 0 fully saturated rings. The van der Waals surface area contributed by atoms with Gasteiger partial charge in [0.15, 0.2) is 0 Å². The topological polar surface area (TPSA) is 73.9 Å². The molecule has 142 valence electrons. The number of aryl methyl sites for hydroxylation is 1. The molecule has 0 atom stereocenters. The highest BCUT2D eigenvalue weighted by Crippen LogP contribution is 2.40. The predicted octanol–water partition coefficient (Wildman–Crippen LogP) is 5.21. The smallest absolute Gasteiger partial charge is 0.133 e. The molecule has 29 heavy (non-hydrogen) atoms. The highest BCUT2D eigenvalue weighted by atomic mass is 16.5. The van der Waals surface area contributed by atoms with Crippen molar-refractivity contribution in [3.63, 3.8) is 0 Å². The van der Waals surface area contributed by atoms with Gasteiger partial charge in [-0.2, -0.15) is 0 Å². The fourth-order valence-corrected chi connectivity index (χ4v) is 4.03. The van der Waals surface area contributed by atoms with Gasteiger partial charge in [-0.25, -0.2) is 4.98 Å². The van der Waals surface area contributed by atoms with Crippen molar-refractivity contribution in [2.24, 2.45) is 0 Å². The Bertz CT molecular complexity index is 1430. The van der Waals surface area contributed by atoms with Crippen LogP contribution < -0.4 is 10.5 Å². The number of nitrogen functional groups attached to an aromatic ring is 1. The van der Waals surface area contributed by atoms with Crippen LogP contribution in [0.25, 0.3) is 43.6 Å². The van der Waals surface area contributed by atoms with E-state index in [-0.39, 0.29) is 0 Å². The SMILES string of the molecule is COc1cc(-c2cc3ccncc3c3nc(N)c4cnccc4c23)cc(C)c1C. The number of pyridine rings is 3. The maximum Gasteiger partial charge on any atom is 0.133 e. The maximum absolute atomic E-state index is 6.30. The van der Waals surface area contributed by atoms with Crippen molar-refractivity contribution in [1.82, 2.24) is 15.0 Å². The van der Waals surface area contributed by atoms with E-state index in [2.05, 4.69) is 42.0 Å². The number of rotatable bonds is 2. The average molecular weight is 380 g/mol. The van der Waals surface area contributed by atoms with Gasteiger partial charge in [-0.1, -0.05) is 6.07 Å². The molecule has 0 saturated heterocycles. The lowest BCUT2D eigenvalue weighted by Crippen LogP contribution is -1.97. The van der Waals surface area contributed by atoms with Crippen molar-refractivity contribution in [1.29, 1.82) is 0 Å². The Labute approximate surface area is 168 Å². The Balaban J connectivity index is 2.02. The van der Waals surface area contributed by atoms with Gasteiger partial charge in [-0.15, -0.1) is 0 Å². The summed E-state index contributed by atoms with van der Waals surface area (Å²) in [5.74, 6) is 1.35. The largest absolute Gasteiger partial charge is 0.496 e. The van der Waals surface area contributed by atoms with Gasteiger partial charge < -0.3 is 10.5 Å². The molecule has 0 aliphatic rings. The van der Waals surface area contributed by atoms with Crippen molar-refractivity contribution in [2.45, 2.75) is 13.8 Å². The quantitative estimate of drug-likeness (QED) is 0.426. The summed E-state index contributed by atoms with van der Waals surface area (Å²) in [4.78, 5) is 13.3. The van der Waals surface area contributed by atoms with Crippen LogP contribution in [-0.4, -0.2) is 22.1 Å². The second-order valence-corrected chi connectivity index (χ2v) is 7.28. The number of hydrogen-bond donors (Lipinski definition) is 1. The summed E-state index contributed by atoms with van der Waals surface area (Å²) in [6.07, 6.45) is 7.21. The van der Waals surface area contributed by atoms with Crippen LogP contribution >= 0.6 is 0 Å². The number of anilines is 1. The number of benzene rings is 2. The molecule has 0 radical (unpaired) electrons. The minimum absolute atomic E-state index is 0.473. The number of ether oxygens (including phenoxy) is 1. The average Bonchev–Trinajstić information content (AvgIpc) is 2.75. The molecule has 5 nitrogen and oxygen atoms in total. The molecule has 2 N–H and O–H groups in total. The van der Waals surface area contributed by atoms with E-state index >= 15 is 0 Å². The number of hydrogen-bond acceptors (Lipinski definition) is 5. The summed E-state index contributed by atoms with van der Waals surface area (Å²) in [7, 11) is 1.71. The van der Waals surface area contributed by atoms with Crippen molar-refractivity contribution in [3.05, 3.63) is 66.2 Å². The van der Waals surface area contributed by atoms with Crippen molar-refractivity contribution in [3.8, 4) is 16.9 Å². The summed E-state index contributed by atoms with van der Waals surface area (Å²) in [6.45, 7) is 4.18. The van der Waals surface area contributed by atoms with Gasteiger partial charge in [0, 0.05) is 40.9 Å². The highest BCUT2D eigenvalue weighted by molar-refractivity contribution is 6.22. The van der Waals surface area contributed by atoms with Crippen molar-refractivity contribution < 1.29 is 4.74 Å². The highest BCUT2D eigenvalue weighted by Gasteiger charge is 2.16. The molecule has 0 spiro atoms. The number of aromatic nitrogens is 3. The lowest BCUT2D eigenvalue weighted by Gasteiger charge is -2.16. The first-order chi connectivity index (χ1) is 14.1. The predicted molar refractivity (Wildman–Crippen MR) is 118 cm³/mol. The Morgan fingerprint density at radius 3 is 2.45 bits per heavy atom. The zero-order valence-electron chi connectivity index (χ0n) is 16.5. The van der Waals surface area contributed by atoms with E-state index in [1.165, 1.54) is 5.56 Å². The lowest BCUT2D eigenvalue weighted by molar-refractivity contribution is 0.411. The molecule has 0 saturated carbocycles. The number of fused-ring (bicyclic) bond motifs is 5. The first-order valence-electron chi connectivity index (χ1n) is 9.43. The molecule has 0 unspecified atom stereocenters. The van der Waals surface area contributed by atoms with Crippen LogP contribution in [0, 0.1) is 13.8 Å². The van der Waals surface area contributed by atoms with E-state index in [1.807, 2.05) is 18.3 Å². The van der Waals surface area contributed by atoms with Crippen LogP contribution in [0.1, 0.15) is 11.1 Å². The minimum atomic E-state index is 0.473. The van der Waals surface area contributed by atoms with E-state index in [4.69, 9.17) is 15.5 Å². The first kappa shape index (κ1) is 17.4. The van der Waals surface area contributed by atoms with Crippen LogP contribution in [0.2, 0.25) is 0 Å². The minimum Gasteiger partial charge on any atom is -0.496 e. The van der Waals surface area contributed by atoms with Crippen LogP contribution in [0.4, 0.5) is 5.82 Å². The fourth-order valence-electron chi connectivity index (χ4n) is 4.03. The van der Waals surface area contributed by atoms with E-state index in [0.29, 0.717) is 5.82 Å². The summed E-state index contributed by atoms with van der Waals surface area (Å²) in [6, 6.07) is 10.5.